The minimum absolute atomic E-state index is 0.0963. The van der Waals surface area contributed by atoms with Crippen LogP contribution in [0.4, 0.5) is 0 Å². The zero-order chi connectivity index (χ0) is 11.4. The van der Waals surface area contributed by atoms with E-state index in [4.69, 9.17) is 10.00 Å². The van der Waals surface area contributed by atoms with Gasteiger partial charge in [-0.2, -0.15) is 0 Å². The molecule has 0 saturated heterocycles. The molecule has 0 saturated carbocycles. The highest BCUT2D eigenvalue weighted by molar-refractivity contribution is 5.76. The minimum atomic E-state index is 0.0963. The lowest BCUT2D eigenvalue weighted by Crippen LogP contribution is -1.87. The molecule has 0 aliphatic carbocycles. The Morgan fingerprint density at radius 3 is 2.44 bits per heavy atom. The zero-order valence-electron chi connectivity index (χ0n) is 8.42. The Balaban J connectivity index is 2.60. The number of phenolic OH excluding ortho intramolecular Hbond substituents is 1. The van der Waals surface area contributed by atoms with Crippen LogP contribution in [0.5, 0.6) is 11.5 Å². The van der Waals surface area contributed by atoms with Crippen LogP contribution >= 0.6 is 0 Å². The molecule has 16 heavy (non-hydrogen) atoms. The molecule has 3 heteroatoms. The van der Waals surface area contributed by atoms with Gasteiger partial charge < -0.3 is 9.84 Å². The van der Waals surface area contributed by atoms with Crippen molar-refractivity contribution in [2.24, 2.45) is 0 Å². The number of rotatable bonds is 2. The van der Waals surface area contributed by atoms with E-state index in [0.717, 1.165) is 5.56 Å². The van der Waals surface area contributed by atoms with Crippen molar-refractivity contribution in [3.63, 3.8) is 0 Å². The number of nitriles is 1. The molecule has 2 aromatic rings. The molecule has 0 radical (unpaired) electrons. The molecule has 0 atom stereocenters. The Kier molecular flexibility index (Phi) is 2.75. The third kappa shape index (κ3) is 1.82. The number of hydrogen-bond acceptors (Lipinski definition) is 3. The molecule has 3 nitrogen and oxygen atoms in total. The van der Waals surface area contributed by atoms with E-state index in [-0.39, 0.29) is 5.75 Å². The van der Waals surface area contributed by atoms with Gasteiger partial charge in [-0.3, -0.25) is 0 Å². The maximum Gasteiger partial charge on any atom is 0.292 e. The molecule has 0 aliphatic rings. The summed E-state index contributed by atoms with van der Waals surface area (Å²) in [6.45, 7) is 0. The van der Waals surface area contributed by atoms with E-state index in [1.54, 1.807) is 24.5 Å². The molecule has 0 spiro atoms. The highest BCUT2D eigenvalue weighted by Gasteiger charge is 2.10. The van der Waals surface area contributed by atoms with E-state index in [9.17, 15) is 5.11 Å². The van der Waals surface area contributed by atoms with Crippen molar-refractivity contribution >= 4 is 0 Å². The average Bonchev–Trinajstić information content (AvgIpc) is 2.31. The number of phenols is 1. The predicted molar refractivity (Wildman–Crippen MR) is 59.8 cm³/mol. The molecule has 0 amide bonds. The van der Waals surface area contributed by atoms with E-state index in [1.807, 2.05) is 30.3 Å². The summed E-state index contributed by atoms with van der Waals surface area (Å²) in [5.74, 6) is 0.452. The lowest BCUT2D eigenvalue weighted by molar-refractivity contribution is 0.466. The maximum absolute atomic E-state index is 9.78. The van der Waals surface area contributed by atoms with Crippen molar-refractivity contribution in [3.05, 3.63) is 48.5 Å². The fraction of sp³-hybridized carbons (Fsp3) is 0. The van der Waals surface area contributed by atoms with Gasteiger partial charge in [0.25, 0.3) is 6.26 Å². The van der Waals surface area contributed by atoms with Crippen LogP contribution in [0.1, 0.15) is 0 Å². The topological polar surface area (TPSA) is 53.2 Å². The van der Waals surface area contributed by atoms with Gasteiger partial charge in [-0.1, -0.05) is 36.4 Å². The number of hydrogen-bond donors (Lipinski definition) is 1. The van der Waals surface area contributed by atoms with Gasteiger partial charge in [0.15, 0.2) is 5.75 Å². The Labute approximate surface area is 93.2 Å². The predicted octanol–water partition coefficient (Wildman–Crippen LogP) is 2.92. The Hall–Kier alpha value is -2.47. The van der Waals surface area contributed by atoms with E-state index < -0.39 is 0 Å². The molecule has 0 fully saturated rings. The van der Waals surface area contributed by atoms with Crippen molar-refractivity contribution in [3.8, 4) is 28.9 Å². The van der Waals surface area contributed by atoms with Crippen LogP contribution in [0.25, 0.3) is 11.1 Å². The third-order valence-corrected chi connectivity index (χ3v) is 2.22. The SMILES string of the molecule is N#COc1cccc(O)c1-c1ccccc1. The first kappa shape index (κ1) is 10.1. The summed E-state index contributed by atoms with van der Waals surface area (Å²) in [5.41, 5.74) is 1.34. The number of benzene rings is 2. The first-order valence-electron chi connectivity index (χ1n) is 4.76. The molecule has 0 aromatic heterocycles. The largest absolute Gasteiger partial charge is 0.507 e. The van der Waals surface area contributed by atoms with Crippen LogP contribution in [0.15, 0.2) is 48.5 Å². The van der Waals surface area contributed by atoms with Gasteiger partial charge in [-0.05, 0) is 17.7 Å². The second-order valence-corrected chi connectivity index (χ2v) is 3.21. The lowest BCUT2D eigenvalue weighted by Gasteiger charge is -2.08. The molecular formula is C13H9NO2. The van der Waals surface area contributed by atoms with Gasteiger partial charge in [-0.25, -0.2) is 0 Å². The zero-order valence-corrected chi connectivity index (χ0v) is 8.42. The second-order valence-electron chi connectivity index (χ2n) is 3.21. The fourth-order valence-corrected chi connectivity index (χ4v) is 1.55. The Morgan fingerprint density at radius 1 is 1.00 bits per heavy atom. The quantitative estimate of drug-likeness (QED) is 0.777. The van der Waals surface area contributed by atoms with Crippen LogP contribution in [0.2, 0.25) is 0 Å². The van der Waals surface area contributed by atoms with Gasteiger partial charge in [0.2, 0.25) is 0 Å². The monoisotopic (exact) mass is 211 g/mol. The molecule has 2 aromatic carbocycles. The summed E-state index contributed by atoms with van der Waals surface area (Å²) >= 11 is 0. The highest BCUT2D eigenvalue weighted by atomic mass is 16.5. The number of ether oxygens (including phenoxy) is 1. The fourth-order valence-electron chi connectivity index (χ4n) is 1.55. The van der Waals surface area contributed by atoms with Crippen LogP contribution < -0.4 is 4.74 Å². The highest BCUT2D eigenvalue weighted by Crippen LogP contribution is 2.37. The molecule has 0 heterocycles. The van der Waals surface area contributed by atoms with Crippen LogP contribution in [-0.4, -0.2) is 5.11 Å². The average molecular weight is 211 g/mol. The molecule has 0 bridgehead atoms. The first-order chi connectivity index (χ1) is 7.83. The standard InChI is InChI=1S/C13H9NO2/c14-9-16-12-8-4-7-11(15)13(12)10-5-2-1-3-6-10/h1-8,15H. The number of nitrogens with zero attached hydrogens (tertiary/aromatic N) is 1. The van der Waals surface area contributed by atoms with E-state index in [1.165, 1.54) is 0 Å². The van der Waals surface area contributed by atoms with Crippen LogP contribution in [-0.2, 0) is 0 Å². The Morgan fingerprint density at radius 2 is 1.75 bits per heavy atom. The van der Waals surface area contributed by atoms with E-state index in [2.05, 4.69) is 0 Å². The smallest absolute Gasteiger partial charge is 0.292 e. The van der Waals surface area contributed by atoms with Gasteiger partial charge in [0.05, 0.1) is 5.56 Å². The van der Waals surface area contributed by atoms with E-state index >= 15 is 0 Å². The molecule has 1 N–H and O–H groups in total. The molecule has 78 valence electrons. The summed E-state index contributed by atoms with van der Waals surface area (Å²) in [5, 5.41) is 18.3. The van der Waals surface area contributed by atoms with Gasteiger partial charge in [0, 0.05) is 0 Å². The normalized spacial score (nSPS) is 9.44. The summed E-state index contributed by atoms with van der Waals surface area (Å²) in [4.78, 5) is 0. The van der Waals surface area contributed by atoms with Crippen molar-refractivity contribution in [2.75, 3.05) is 0 Å². The summed E-state index contributed by atoms with van der Waals surface area (Å²) < 4.78 is 4.82. The first-order valence-corrected chi connectivity index (χ1v) is 4.76. The maximum atomic E-state index is 9.78. The van der Waals surface area contributed by atoms with Crippen molar-refractivity contribution in [1.82, 2.24) is 0 Å². The van der Waals surface area contributed by atoms with Crippen LogP contribution in [0.3, 0.4) is 0 Å². The second kappa shape index (κ2) is 4.37. The summed E-state index contributed by atoms with van der Waals surface area (Å²) in [6, 6.07) is 14.1. The summed E-state index contributed by atoms with van der Waals surface area (Å²) in [6.07, 6.45) is 1.61. The van der Waals surface area contributed by atoms with Crippen molar-refractivity contribution < 1.29 is 9.84 Å². The lowest BCUT2D eigenvalue weighted by atomic mass is 10.0. The van der Waals surface area contributed by atoms with Gasteiger partial charge in [-0.15, -0.1) is 5.26 Å². The summed E-state index contributed by atoms with van der Waals surface area (Å²) in [7, 11) is 0. The van der Waals surface area contributed by atoms with Gasteiger partial charge >= 0.3 is 0 Å². The van der Waals surface area contributed by atoms with Crippen molar-refractivity contribution in [1.29, 1.82) is 5.26 Å². The molecule has 0 aliphatic heterocycles. The third-order valence-electron chi connectivity index (χ3n) is 2.22. The minimum Gasteiger partial charge on any atom is -0.507 e. The van der Waals surface area contributed by atoms with Crippen LogP contribution in [0, 0.1) is 11.5 Å². The molecule has 2 rings (SSSR count). The van der Waals surface area contributed by atoms with E-state index in [0.29, 0.717) is 11.3 Å². The molecule has 0 unspecified atom stereocenters. The van der Waals surface area contributed by atoms with Crippen molar-refractivity contribution in [2.45, 2.75) is 0 Å². The van der Waals surface area contributed by atoms with Gasteiger partial charge in [0.1, 0.15) is 5.75 Å². The number of aromatic hydroxyl groups is 1. The Bertz CT molecular complexity index is 529. The molecular weight excluding hydrogens is 202 g/mol.